The summed E-state index contributed by atoms with van der Waals surface area (Å²) in [6, 6.07) is 4.22. The van der Waals surface area contributed by atoms with E-state index in [2.05, 4.69) is 73.7 Å². The van der Waals surface area contributed by atoms with Gasteiger partial charge >= 0.3 is 0 Å². The number of hydrogen-bond acceptors (Lipinski definition) is 1. The average Bonchev–Trinajstić information content (AvgIpc) is 2.69. The first kappa shape index (κ1) is 20.3. The fourth-order valence-electron chi connectivity index (χ4n) is 4.35. The van der Waals surface area contributed by atoms with E-state index in [0.29, 0.717) is 5.92 Å². The van der Waals surface area contributed by atoms with Gasteiger partial charge in [0.1, 0.15) is 13.8 Å². The van der Waals surface area contributed by atoms with Crippen LogP contribution < -0.4 is 9.92 Å². The smallest absolute Gasteiger partial charge is 0.122 e. The third-order valence-corrected chi connectivity index (χ3v) is 10.1. The van der Waals surface area contributed by atoms with Gasteiger partial charge in [-0.3, -0.25) is 0 Å². The number of ether oxygens (including phenoxy) is 1. The van der Waals surface area contributed by atoms with E-state index in [1.807, 2.05) is 0 Å². The van der Waals surface area contributed by atoms with Gasteiger partial charge in [-0.05, 0) is 55.0 Å². The molecule has 0 aliphatic heterocycles. The highest BCUT2D eigenvalue weighted by molar-refractivity contribution is 6.96. The molecule has 0 bridgehead atoms. The fraction of sp³-hybridized carbons (Fsp3) is 0.545. The monoisotopic (exact) mass is 376 g/mol. The van der Waals surface area contributed by atoms with Gasteiger partial charge in [-0.1, -0.05) is 68.7 Å². The maximum Gasteiger partial charge on any atom is 0.122 e. The molecule has 0 saturated carbocycles. The molecule has 0 aromatic heterocycles. The van der Waals surface area contributed by atoms with Crippen LogP contribution in [0.4, 0.5) is 0 Å². The molecule has 1 atom stereocenters. The second-order valence-electron chi connectivity index (χ2n) is 8.98. The van der Waals surface area contributed by atoms with Crippen LogP contribution in [0.2, 0.25) is 18.1 Å². The van der Waals surface area contributed by atoms with Crippen LogP contribution in [0.3, 0.4) is 0 Å². The standard InChI is InChI=1S/C22H33ClOSi/c1-13-14(2)16(4)21(15(13)3)25(9,10)19-12-17(23)11-18(20(19)24-8)22(5,6)7/h11-12,15H,1-10H3. The molecule has 1 aliphatic carbocycles. The van der Waals surface area contributed by atoms with E-state index in [-0.39, 0.29) is 5.41 Å². The minimum atomic E-state index is -1.93. The maximum atomic E-state index is 6.57. The summed E-state index contributed by atoms with van der Waals surface area (Å²) in [6.45, 7) is 20.7. The van der Waals surface area contributed by atoms with Gasteiger partial charge in [-0.15, -0.1) is 0 Å². The van der Waals surface area contributed by atoms with E-state index in [1.54, 1.807) is 12.3 Å². The van der Waals surface area contributed by atoms with E-state index >= 15 is 0 Å². The molecule has 0 fully saturated rings. The minimum Gasteiger partial charge on any atom is -0.497 e. The van der Waals surface area contributed by atoms with E-state index in [4.69, 9.17) is 16.3 Å². The third kappa shape index (κ3) is 3.36. The van der Waals surface area contributed by atoms with Gasteiger partial charge in [-0.2, -0.15) is 0 Å². The summed E-state index contributed by atoms with van der Waals surface area (Å²) >= 11 is 6.57. The molecule has 0 heterocycles. The van der Waals surface area contributed by atoms with Crippen molar-refractivity contribution in [1.82, 2.24) is 0 Å². The van der Waals surface area contributed by atoms with Crippen LogP contribution in [0.15, 0.2) is 34.0 Å². The molecule has 1 unspecified atom stereocenters. The summed E-state index contributed by atoms with van der Waals surface area (Å²) in [7, 11) is -0.143. The fourth-order valence-corrected chi connectivity index (χ4v) is 8.70. The number of halogens is 1. The molecule has 1 aromatic rings. The number of methoxy groups -OCH3 is 1. The second kappa shape index (κ2) is 6.63. The molecule has 0 saturated heterocycles. The van der Waals surface area contributed by atoms with Crippen LogP contribution in [0, 0.1) is 5.92 Å². The number of hydrogen-bond donors (Lipinski definition) is 0. The Balaban J connectivity index is 2.76. The lowest BCUT2D eigenvalue weighted by molar-refractivity contribution is 0.400. The van der Waals surface area contributed by atoms with Gasteiger partial charge in [0, 0.05) is 10.6 Å². The molecule has 2 rings (SSSR count). The van der Waals surface area contributed by atoms with Crippen molar-refractivity contribution in [3.63, 3.8) is 0 Å². The Labute approximate surface area is 160 Å². The predicted octanol–water partition coefficient (Wildman–Crippen LogP) is 6.40. The van der Waals surface area contributed by atoms with E-state index in [9.17, 15) is 0 Å². The molecule has 138 valence electrons. The topological polar surface area (TPSA) is 9.23 Å². The van der Waals surface area contributed by atoms with Crippen molar-refractivity contribution in [2.24, 2.45) is 5.92 Å². The zero-order valence-corrected chi connectivity index (χ0v) is 19.3. The van der Waals surface area contributed by atoms with Crippen LogP contribution in [-0.4, -0.2) is 15.2 Å². The predicted molar refractivity (Wildman–Crippen MR) is 114 cm³/mol. The Hall–Kier alpha value is -0.993. The summed E-state index contributed by atoms with van der Waals surface area (Å²) in [6.07, 6.45) is 0. The molecule has 0 spiro atoms. The van der Waals surface area contributed by atoms with Crippen molar-refractivity contribution in [2.75, 3.05) is 7.11 Å². The lowest BCUT2D eigenvalue weighted by Gasteiger charge is -2.34. The Kier molecular flexibility index (Phi) is 5.39. The van der Waals surface area contributed by atoms with Crippen LogP contribution >= 0.6 is 11.6 Å². The van der Waals surface area contributed by atoms with Gasteiger partial charge in [0.15, 0.2) is 0 Å². The molecule has 0 N–H and O–H groups in total. The van der Waals surface area contributed by atoms with Gasteiger partial charge in [0.05, 0.1) is 7.11 Å². The van der Waals surface area contributed by atoms with E-state index < -0.39 is 8.07 Å². The van der Waals surface area contributed by atoms with Gasteiger partial charge in [0.25, 0.3) is 0 Å². The Morgan fingerprint density at radius 3 is 2.00 bits per heavy atom. The first-order valence-electron chi connectivity index (χ1n) is 9.11. The highest BCUT2D eigenvalue weighted by Gasteiger charge is 2.40. The van der Waals surface area contributed by atoms with Gasteiger partial charge in [0.2, 0.25) is 0 Å². The summed E-state index contributed by atoms with van der Waals surface area (Å²) in [4.78, 5) is 0. The Bertz CT molecular complexity index is 763. The molecule has 0 amide bonds. The van der Waals surface area contributed by atoms with Crippen molar-refractivity contribution in [3.8, 4) is 5.75 Å². The number of rotatable bonds is 3. The summed E-state index contributed by atoms with van der Waals surface area (Å²) in [5.41, 5.74) is 5.62. The Morgan fingerprint density at radius 2 is 1.60 bits per heavy atom. The summed E-state index contributed by atoms with van der Waals surface area (Å²) < 4.78 is 5.97. The first-order chi connectivity index (χ1) is 11.3. The van der Waals surface area contributed by atoms with Gasteiger partial charge < -0.3 is 4.74 Å². The quantitative estimate of drug-likeness (QED) is 0.554. The lowest BCUT2D eigenvalue weighted by Crippen LogP contribution is -2.47. The Morgan fingerprint density at radius 1 is 1.04 bits per heavy atom. The van der Waals surface area contributed by atoms with E-state index in [1.165, 1.54) is 27.5 Å². The normalized spacial score (nSPS) is 19.1. The first-order valence-corrected chi connectivity index (χ1v) is 12.5. The SMILES string of the molecule is COc1c(C(C)(C)C)cc(Cl)cc1[Si](C)(C)C1=C(C)C(C)=C(C)C1C. The molecule has 1 nitrogen and oxygen atoms in total. The largest absolute Gasteiger partial charge is 0.497 e. The summed E-state index contributed by atoms with van der Waals surface area (Å²) in [5, 5.41) is 3.74. The molecule has 1 aliphatic rings. The lowest BCUT2D eigenvalue weighted by atomic mass is 9.86. The molecular formula is C22H33ClOSi. The van der Waals surface area contributed by atoms with Crippen LogP contribution in [-0.2, 0) is 5.41 Å². The van der Waals surface area contributed by atoms with Crippen molar-refractivity contribution in [2.45, 2.75) is 67.0 Å². The highest BCUT2D eigenvalue weighted by atomic mass is 35.5. The molecule has 1 aromatic carbocycles. The molecule has 25 heavy (non-hydrogen) atoms. The van der Waals surface area contributed by atoms with Crippen LogP contribution in [0.25, 0.3) is 0 Å². The zero-order valence-electron chi connectivity index (χ0n) is 17.5. The van der Waals surface area contributed by atoms with Crippen molar-refractivity contribution >= 4 is 24.9 Å². The number of benzene rings is 1. The second-order valence-corrected chi connectivity index (χ2v) is 13.7. The maximum absolute atomic E-state index is 6.57. The highest BCUT2D eigenvalue weighted by Crippen LogP contribution is 2.43. The molecular weight excluding hydrogens is 344 g/mol. The zero-order chi connectivity index (χ0) is 19.3. The number of allylic oxidation sites excluding steroid dienone is 4. The van der Waals surface area contributed by atoms with Crippen molar-refractivity contribution in [3.05, 3.63) is 44.6 Å². The molecule has 3 heteroatoms. The van der Waals surface area contributed by atoms with Gasteiger partial charge in [-0.25, -0.2) is 0 Å². The van der Waals surface area contributed by atoms with Crippen molar-refractivity contribution in [1.29, 1.82) is 0 Å². The van der Waals surface area contributed by atoms with Crippen LogP contribution in [0.5, 0.6) is 5.75 Å². The van der Waals surface area contributed by atoms with Crippen molar-refractivity contribution < 1.29 is 4.74 Å². The van der Waals surface area contributed by atoms with Crippen LogP contribution in [0.1, 0.15) is 54.0 Å². The minimum absolute atomic E-state index is 0.00965. The van der Waals surface area contributed by atoms with E-state index in [0.717, 1.165) is 10.8 Å². The average molecular weight is 377 g/mol. The summed E-state index contributed by atoms with van der Waals surface area (Å²) in [5.74, 6) is 1.53. The third-order valence-electron chi connectivity index (χ3n) is 6.05. The molecule has 0 radical (unpaired) electrons.